The van der Waals surface area contributed by atoms with Crippen molar-refractivity contribution in [3.8, 4) is 17.1 Å². The van der Waals surface area contributed by atoms with Crippen molar-refractivity contribution in [2.75, 3.05) is 25.5 Å². The molecule has 17 nitrogen and oxygen atoms in total. The molecule has 0 unspecified atom stereocenters. The molecule has 0 spiro atoms. The Morgan fingerprint density at radius 1 is 0.814 bits per heavy atom. The number of ether oxygens (including phenoxy) is 1. The molecule has 0 saturated heterocycles. The summed E-state index contributed by atoms with van der Waals surface area (Å²) in [6, 6.07) is 12.6. The van der Waals surface area contributed by atoms with Gasteiger partial charge in [-0.3, -0.25) is 29.1 Å². The molecule has 6 aromatic heterocycles. The number of hydrogen-bond donors (Lipinski definition) is 4. The maximum absolute atomic E-state index is 13.7. The van der Waals surface area contributed by atoms with Gasteiger partial charge in [-0.25, -0.2) is 15.0 Å². The summed E-state index contributed by atoms with van der Waals surface area (Å²) in [6.07, 6.45) is 6.09. The Kier molecular flexibility index (Phi) is 12.8. The summed E-state index contributed by atoms with van der Waals surface area (Å²) in [6.45, 7) is 14.6. The molecule has 59 heavy (non-hydrogen) atoms. The van der Waals surface area contributed by atoms with E-state index in [2.05, 4.69) is 25.8 Å². The number of carbonyl (C=O) groups excluding carboxylic acids is 3. The number of primary amides is 2. The van der Waals surface area contributed by atoms with Gasteiger partial charge in [0.15, 0.2) is 0 Å². The Bertz CT molecular complexity index is 2700. The Balaban J connectivity index is 0.00000288. The van der Waals surface area contributed by atoms with Gasteiger partial charge in [0.2, 0.25) is 17.8 Å². The summed E-state index contributed by atoms with van der Waals surface area (Å²) < 4.78 is 13.6. The number of benzene rings is 1. The number of aryl methyl sites for hydroxylation is 4. The van der Waals surface area contributed by atoms with Crippen LogP contribution in [0.4, 0.5) is 5.95 Å². The van der Waals surface area contributed by atoms with Crippen molar-refractivity contribution in [3.63, 3.8) is 0 Å². The van der Waals surface area contributed by atoms with E-state index in [1.54, 1.807) is 28.9 Å². The van der Waals surface area contributed by atoms with Gasteiger partial charge in [0, 0.05) is 48.7 Å². The first-order valence-electron chi connectivity index (χ1n) is 19.8. The van der Waals surface area contributed by atoms with Crippen molar-refractivity contribution in [2.24, 2.45) is 11.5 Å². The Labute approximate surface area is 341 Å². The lowest BCUT2D eigenvalue weighted by molar-refractivity contribution is 0.0991. The molecule has 1 aromatic carbocycles. The summed E-state index contributed by atoms with van der Waals surface area (Å²) in [5.74, 6) is -0.945. The third-order valence-corrected chi connectivity index (χ3v) is 9.61. The van der Waals surface area contributed by atoms with Gasteiger partial charge in [-0.15, -0.1) is 0 Å². The molecule has 6 heterocycles. The summed E-state index contributed by atoms with van der Waals surface area (Å²) in [4.78, 5) is 52.8. The number of allylic oxidation sites excluding steroid dienone is 2. The van der Waals surface area contributed by atoms with Crippen molar-refractivity contribution >= 4 is 56.8 Å². The average molecular weight is 802 g/mol. The van der Waals surface area contributed by atoms with Crippen LogP contribution >= 0.6 is 0 Å². The zero-order chi connectivity index (χ0) is 42.4. The van der Waals surface area contributed by atoms with Gasteiger partial charge in [0.05, 0.1) is 40.5 Å². The molecule has 6 N–H and O–H groups in total. The predicted octanol–water partition coefficient (Wildman–Crippen LogP) is 5.37. The van der Waals surface area contributed by atoms with Crippen molar-refractivity contribution < 1.29 is 19.1 Å². The van der Waals surface area contributed by atoms with E-state index in [-0.39, 0.29) is 18.1 Å². The highest BCUT2D eigenvalue weighted by atomic mass is 16.5. The first-order valence-corrected chi connectivity index (χ1v) is 19.8. The third-order valence-electron chi connectivity index (χ3n) is 9.61. The highest BCUT2D eigenvalue weighted by Gasteiger charge is 2.22. The van der Waals surface area contributed by atoms with Crippen molar-refractivity contribution in [1.82, 2.24) is 49.0 Å². The van der Waals surface area contributed by atoms with Crippen LogP contribution < -0.4 is 26.8 Å². The lowest BCUT2D eigenvalue weighted by Gasteiger charge is -2.13. The fourth-order valence-electron chi connectivity index (χ4n) is 6.96. The average Bonchev–Trinajstić information content (AvgIpc) is 3.99. The Morgan fingerprint density at radius 2 is 1.51 bits per heavy atom. The maximum Gasteiger partial charge on any atom is 0.276 e. The molecule has 7 rings (SSSR count). The number of amides is 3. The smallest absolute Gasteiger partial charge is 0.276 e. The molecule has 0 radical (unpaired) electrons. The summed E-state index contributed by atoms with van der Waals surface area (Å²) in [7, 11) is 1.86. The van der Waals surface area contributed by atoms with E-state index >= 15 is 0 Å². The van der Waals surface area contributed by atoms with Crippen LogP contribution in [0.1, 0.15) is 76.7 Å². The fraction of sp³-hybridized carbons (Fsp3) is 0.333. The minimum Gasteiger partial charge on any atom is -0.491 e. The summed E-state index contributed by atoms with van der Waals surface area (Å²) in [5, 5.41) is 16.7. The third kappa shape index (κ3) is 8.55. The predicted molar refractivity (Wildman–Crippen MR) is 229 cm³/mol. The van der Waals surface area contributed by atoms with Crippen LogP contribution in [-0.4, -0.2) is 81.6 Å². The molecule has 17 heteroatoms. The van der Waals surface area contributed by atoms with Gasteiger partial charge in [-0.2, -0.15) is 10.2 Å². The number of nitrogens with one attached hydrogen (secondary N) is 2. The van der Waals surface area contributed by atoms with E-state index in [0.717, 1.165) is 34.4 Å². The normalized spacial score (nSPS) is 11.4. The number of hydrogen-bond acceptors (Lipinski definition) is 10. The quantitative estimate of drug-likeness (QED) is 0.0723. The Morgan fingerprint density at radius 3 is 2.20 bits per heavy atom. The minimum absolute atomic E-state index is 0.228. The van der Waals surface area contributed by atoms with Crippen LogP contribution in [0.5, 0.6) is 5.75 Å². The first-order chi connectivity index (χ1) is 28.5. The largest absolute Gasteiger partial charge is 0.491 e. The van der Waals surface area contributed by atoms with E-state index in [4.69, 9.17) is 26.2 Å². The van der Waals surface area contributed by atoms with Crippen molar-refractivity contribution in [2.45, 2.75) is 74.1 Å². The van der Waals surface area contributed by atoms with Crippen LogP contribution in [0, 0.1) is 13.8 Å². The number of carbonyl (C=O) groups is 3. The molecule has 0 atom stereocenters. The molecule has 308 valence electrons. The van der Waals surface area contributed by atoms with Crippen molar-refractivity contribution in [3.05, 3.63) is 89.0 Å². The first kappa shape index (κ1) is 41.7. The van der Waals surface area contributed by atoms with Gasteiger partial charge in [0.25, 0.3) is 5.91 Å². The number of nitrogens with two attached hydrogens (primary N) is 2. The van der Waals surface area contributed by atoms with E-state index in [1.165, 1.54) is 6.20 Å². The van der Waals surface area contributed by atoms with Crippen LogP contribution in [0.15, 0.2) is 60.8 Å². The molecule has 7 aromatic rings. The van der Waals surface area contributed by atoms with E-state index < -0.39 is 17.7 Å². The topological polar surface area (TPSA) is 221 Å². The van der Waals surface area contributed by atoms with E-state index in [0.29, 0.717) is 77.7 Å². The highest BCUT2D eigenvalue weighted by Crippen LogP contribution is 2.33. The number of anilines is 1. The lowest BCUT2D eigenvalue weighted by Crippen LogP contribution is -2.20. The zero-order valence-corrected chi connectivity index (χ0v) is 34.5. The molecule has 0 saturated carbocycles. The number of aromatic nitrogens is 9. The zero-order valence-electron chi connectivity index (χ0n) is 34.5. The standard InChI is InChI=1S/C40H45N13O4.C2H6/c1-6-52-31(17-23(3)48-52)29-12-11-27-28-19-26(36(42)55)22-44-37(28)51(38(27)45-29)15-9-8-14-50-34-30(20-25(35(41)54)21-33(34)57-16-10-13-43-5)46-40(50)47-39(56)32-18-24(4)49-53(32)7-2;1-2/h8-9,11-12,17-22,43H,6-7,10,13-16H2,1-5H3,(H2,41,54)(H2,42,55)(H,46,47,56);1-2H3/b9-8+;. The van der Waals surface area contributed by atoms with Gasteiger partial charge in [-0.05, 0) is 90.2 Å². The molecule has 0 fully saturated rings. The van der Waals surface area contributed by atoms with E-state index in [1.807, 2.05) is 92.8 Å². The molecule has 0 aliphatic heterocycles. The van der Waals surface area contributed by atoms with Crippen LogP contribution in [0.2, 0.25) is 0 Å². The van der Waals surface area contributed by atoms with E-state index in [9.17, 15) is 14.4 Å². The molecule has 0 aliphatic rings. The number of nitrogens with zero attached hydrogens (tertiary/aromatic N) is 9. The summed E-state index contributed by atoms with van der Waals surface area (Å²) >= 11 is 0. The second-order valence-corrected chi connectivity index (χ2v) is 13.6. The number of imidazole rings is 1. The van der Waals surface area contributed by atoms with Gasteiger partial charge >= 0.3 is 0 Å². The molecule has 0 bridgehead atoms. The highest BCUT2D eigenvalue weighted by molar-refractivity contribution is 6.08. The lowest BCUT2D eigenvalue weighted by atomic mass is 10.1. The van der Waals surface area contributed by atoms with Gasteiger partial charge in [-0.1, -0.05) is 26.0 Å². The van der Waals surface area contributed by atoms with Gasteiger partial charge in [0.1, 0.15) is 28.3 Å². The molecular weight excluding hydrogens is 751 g/mol. The van der Waals surface area contributed by atoms with Gasteiger partial charge < -0.3 is 30.7 Å². The Hall–Kier alpha value is -6.88. The molecular formula is C42H51N13O4. The minimum atomic E-state index is -0.631. The number of fused-ring (bicyclic) bond motifs is 4. The number of pyridine rings is 2. The molecule has 0 aliphatic carbocycles. The SMILES string of the molecule is CC.CCn1nc(C)cc1C(=O)Nc1nc2cc(C(N)=O)cc(OCCCNC)c2n1C/C=C/Cn1c2ncc(C(N)=O)cc2c2ccc(-c3cc(C)nn3CC)nc21. The second-order valence-electron chi connectivity index (χ2n) is 13.6. The summed E-state index contributed by atoms with van der Waals surface area (Å²) in [5.41, 5.74) is 17.8. The maximum atomic E-state index is 13.7. The number of rotatable bonds is 16. The van der Waals surface area contributed by atoms with Crippen LogP contribution in [0.25, 0.3) is 44.5 Å². The monoisotopic (exact) mass is 801 g/mol. The van der Waals surface area contributed by atoms with Crippen LogP contribution in [-0.2, 0) is 26.2 Å². The molecule has 3 amide bonds. The van der Waals surface area contributed by atoms with Crippen molar-refractivity contribution in [1.29, 1.82) is 0 Å². The van der Waals surface area contributed by atoms with Crippen LogP contribution in [0.3, 0.4) is 0 Å². The second kappa shape index (κ2) is 18.1. The fourth-order valence-corrected chi connectivity index (χ4v) is 6.96.